The molecule has 2 rings (SSSR count). The second-order valence-electron chi connectivity index (χ2n) is 6.89. The van der Waals surface area contributed by atoms with Crippen molar-refractivity contribution in [3.05, 3.63) is 23.8 Å². The van der Waals surface area contributed by atoms with Crippen molar-refractivity contribution >= 4 is 29.1 Å². The molecule has 1 unspecified atom stereocenters. The summed E-state index contributed by atoms with van der Waals surface area (Å²) >= 11 is 5.59. The van der Waals surface area contributed by atoms with Gasteiger partial charge in [0.1, 0.15) is 5.60 Å². The average molecular weight is 356 g/mol. The van der Waals surface area contributed by atoms with Crippen LogP contribution in [0.4, 0.5) is 16.2 Å². The monoisotopic (exact) mass is 355 g/mol. The van der Waals surface area contributed by atoms with E-state index < -0.39 is 11.7 Å². The Bertz CT molecular complexity index is 575. The standard InChI is InChI=1S/C17H26ClN3O3/c1-17(2,3)24-16(23)21-7-6-19-15-8-13(5-4-12(15)11-21)20-10-14(22)9-18/h4-5,8,14,19-20,22H,6-7,9-11H2,1-3H3. The van der Waals surface area contributed by atoms with Gasteiger partial charge in [-0.25, -0.2) is 4.79 Å². The third kappa shape index (κ3) is 5.46. The normalized spacial score (nSPS) is 15.8. The Morgan fingerprint density at radius 3 is 2.92 bits per heavy atom. The highest BCUT2D eigenvalue weighted by Gasteiger charge is 2.24. The van der Waals surface area contributed by atoms with Gasteiger partial charge < -0.3 is 25.4 Å². The fourth-order valence-corrected chi connectivity index (χ4v) is 2.48. The molecule has 1 amide bonds. The van der Waals surface area contributed by atoms with Gasteiger partial charge in [-0.1, -0.05) is 6.07 Å². The summed E-state index contributed by atoms with van der Waals surface area (Å²) in [5.74, 6) is 0.195. The van der Waals surface area contributed by atoms with Crippen LogP contribution in [0.3, 0.4) is 0 Å². The van der Waals surface area contributed by atoms with Gasteiger partial charge in [0.05, 0.1) is 18.5 Å². The Balaban J connectivity index is 2.05. The molecule has 0 spiro atoms. The number of benzene rings is 1. The van der Waals surface area contributed by atoms with Crippen molar-refractivity contribution in [2.45, 2.75) is 39.0 Å². The Morgan fingerprint density at radius 1 is 1.50 bits per heavy atom. The minimum absolute atomic E-state index is 0.195. The van der Waals surface area contributed by atoms with Crippen LogP contribution in [-0.2, 0) is 11.3 Å². The number of halogens is 1. The predicted molar refractivity (Wildman–Crippen MR) is 96.8 cm³/mol. The number of carbonyl (C=O) groups excluding carboxylic acids is 1. The zero-order valence-electron chi connectivity index (χ0n) is 14.4. The van der Waals surface area contributed by atoms with Crippen LogP contribution in [0.25, 0.3) is 0 Å². The summed E-state index contributed by atoms with van der Waals surface area (Å²) in [6, 6.07) is 5.88. The van der Waals surface area contributed by atoms with E-state index in [0.717, 1.165) is 16.9 Å². The predicted octanol–water partition coefficient (Wildman–Crippen LogP) is 2.86. The molecule has 1 atom stereocenters. The summed E-state index contributed by atoms with van der Waals surface area (Å²) in [6.07, 6.45) is -0.884. The molecule has 1 aliphatic heterocycles. The lowest BCUT2D eigenvalue weighted by atomic mass is 10.1. The van der Waals surface area contributed by atoms with Crippen LogP contribution in [0, 0.1) is 0 Å². The SMILES string of the molecule is CC(C)(C)OC(=O)N1CCNc2cc(NCC(O)CCl)ccc2C1. The molecule has 0 aliphatic carbocycles. The minimum atomic E-state index is -0.582. The summed E-state index contributed by atoms with van der Waals surface area (Å²) in [5, 5.41) is 16.0. The molecule has 7 heteroatoms. The van der Waals surface area contributed by atoms with E-state index in [9.17, 15) is 9.90 Å². The number of rotatable bonds is 4. The Morgan fingerprint density at radius 2 is 2.25 bits per heavy atom. The van der Waals surface area contributed by atoms with Gasteiger partial charge in [-0.15, -0.1) is 11.6 Å². The van der Waals surface area contributed by atoms with Crippen LogP contribution in [-0.4, -0.2) is 53.3 Å². The van der Waals surface area contributed by atoms with Gasteiger partial charge in [-0.3, -0.25) is 0 Å². The average Bonchev–Trinajstić information content (AvgIpc) is 2.72. The zero-order valence-corrected chi connectivity index (χ0v) is 15.2. The number of aliphatic hydroxyl groups is 1. The first-order valence-electron chi connectivity index (χ1n) is 8.11. The van der Waals surface area contributed by atoms with Crippen molar-refractivity contribution in [1.29, 1.82) is 0 Å². The lowest BCUT2D eigenvalue weighted by molar-refractivity contribution is 0.0245. The van der Waals surface area contributed by atoms with Gasteiger partial charge in [0.25, 0.3) is 0 Å². The smallest absolute Gasteiger partial charge is 0.410 e. The van der Waals surface area contributed by atoms with Crippen LogP contribution < -0.4 is 10.6 Å². The van der Waals surface area contributed by atoms with Crippen LogP contribution >= 0.6 is 11.6 Å². The highest BCUT2D eigenvalue weighted by molar-refractivity contribution is 6.18. The molecular weight excluding hydrogens is 330 g/mol. The fraction of sp³-hybridized carbons (Fsp3) is 0.588. The third-order valence-electron chi connectivity index (χ3n) is 3.54. The zero-order chi connectivity index (χ0) is 17.7. The van der Waals surface area contributed by atoms with E-state index in [-0.39, 0.29) is 12.0 Å². The lowest BCUT2D eigenvalue weighted by Gasteiger charge is -2.26. The highest BCUT2D eigenvalue weighted by Crippen LogP contribution is 2.25. The first-order valence-corrected chi connectivity index (χ1v) is 8.64. The van der Waals surface area contributed by atoms with Crippen molar-refractivity contribution in [2.24, 2.45) is 0 Å². The van der Waals surface area contributed by atoms with E-state index in [0.29, 0.717) is 26.2 Å². The number of fused-ring (bicyclic) bond motifs is 1. The topological polar surface area (TPSA) is 73.8 Å². The molecule has 0 aromatic heterocycles. The molecule has 0 saturated heterocycles. The number of nitrogens with one attached hydrogen (secondary N) is 2. The first-order chi connectivity index (χ1) is 11.3. The molecule has 134 valence electrons. The molecule has 0 fully saturated rings. The van der Waals surface area contributed by atoms with Crippen LogP contribution in [0.1, 0.15) is 26.3 Å². The number of hydrogen-bond acceptors (Lipinski definition) is 5. The van der Waals surface area contributed by atoms with Gasteiger partial charge in [-0.05, 0) is 38.5 Å². The van der Waals surface area contributed by atoms with Crippen molar-refractivity contribution in [2.75, 3.05) is 36.1 Å². The van der Waals surface area contributed by atoms with E-state index >= 15 is 0 Å². The number of aliphatic hydroxyl groups excluding tert-OH is 1. The van der Waals surface area contributed by atoms with Gasteiger partial charge >= 0.3 is 6.09 Å². The molecule has 0 saturated carbocycles. The molecule has 6 nitrogen and oxygen atoms in total. The maximum Gasteiger partial charge on any atom is 0.410 e. The maximum atomic E-state index is 12.3. The fourth-order valence-electron chi connectivity index (χ4n) is 2.37. The highest BCUT2D eigenvalue weighted by atomic mass is 35.5. The first kappa shape index (κ1) is 18.7. The number of alkyl halides is 1. The summed E-state index contributed by atoms with van der Waals surface area (Å²) in [6.45, 7) is 7.72. The molecule has 1 heterocycles. The van der Waals surface area contributed by atoms with E-state index in [4.69, 9.17) is 16.3 Å². The Kier molecular flexibility index (Phi) is 6.18. The molecule has 0 bridgehead atoms. The Hall–Kier alpha value is -1.66. The van der Waals surface area contributed by atoms with E-state index in [2.05, 4.69) is 10.6 Å². The molecule has 1 aliphatic rings. The Labute approximate surface area is 148 Å². The van der Waals surface area contributed by atoms with E-state index in [1.807, 2.05) is 39.0 Å². The van der Waals surface area contributed by atoms with Crippen molar-refractivity contribution in [3.63, 3.8) is 0 Å². The summed E-state index contributed by atoms with van der Waals surface area (Å²) in [7, 11) is 0. The van der Waals surface area contributed by atoms with E-state index in [1.165, 1.54) is 0 Å². The number of hydrogen-bond donors (Lipinski definition) is 3. The number of carbonyl (C=O) groups is 1. The summed E-state index contributed by atoms with van der Waals surface area (Å²) in [5.41, 5.74) is 2.40. The van der Waals surface area contributed by atoms with Crippen molar-refractivity contribution < 1.29 is 14.6 Å². The van der Waals surface area contributed by atoms with Gasteiger partial charge in [-0.2, -0.15) is 0 Å². The number of amides is 1. The van der Waals surface area contributed by atoms with Crippen molar-refractivity contribution in [1.82, 2.24) is 4.90 Å². The molecule has 24 heavy (non-hydrogen) atoms. The van der Waals surface area contributed by atoms with Crippen LogP contribution in [0.5, 0.6) is 0 Å². The van der Waals surface area contributed by atoms with Crippen LogP contribution in [0.15, 0.2) is 18.2 Å². The number of nitrogens with zero attached hydrogens (tertiary/aromatic N) is 1. The number of ether oxygens (including phenoxy) is 1. The second-order valence-corrected chi connectivity index (χ2v) is 7.20. The quantitative estimate of drug-likeness (QED) is 0.724. The van der Waals surface area contributed by atoms with Gasteiger partial charge in [0.15, 0.2) is 0 Å². The summed E-state index contributed by atoms with van der Waals surface area (Å²) in [4.78, 5) is 14.0. The summed E-state index contributed by atoms with van der Waals surface area (Å²) < 4.78 is 5.46. The van der Waals surface area contributed by atoms with Gasteiger partial charge in [0.2, 0.25) is 0 Å². The lowest BCUT2D eigenvalue weighted by Crippen LogP contribution is -2.37. The molecule has 3 N–H and O–H groups in total. The molecule has 0 radical (unpaired) electrons. The van der Waals surface area contributed by atoms with Gasteiger partial charge in [0, 0.05) is 31.0 Å². The van der Waals surface area contributed by atoms with Crippen LogP contribution in [0.2, 0.25) is 0 Å². The number of anilines is 2. The van der Waals surface area contributed by atoms with Crippen molar-refractivity contribution in [3.8, 4) is 0 Å². The minimum Gasteiger partial charge on any atom is -0.444 e. The molecular formula is C17H26ClN3O3. The molecule has 1 aromatic rings. The molecule has 1 aromatic carbocycles. The third-order valence-corrected chi connectivity index (χ3v) is 3.90. The van der Waals surface area contributed by atoms with E-state index in [1.54, 1.807) is 4.90 Å². The maximum absolute atomic E-state index is 12.3. The second kappa shape index (κ2) is 7.94. The largest absolute Gasteiger partial charge is 0.444 e.